The lowest BCUT2D eigenvalue weighted by atomic mass is 9.70. The molecule has 0 radical (unpaired) electrons. The topological polar surface area (TPSA) is 86.7 Å². The first-order valence-electron chi connectivity index (χ1n) is 11.2. The molecule has 0 N–H and O–H groups in total. The lowest BCUT2D eigenvalue weighted by Crippen LogP contribution is -2.26. The van der Waals surface area contributed by atoms with Crippen LogP contribution in [0.5, 0.6) is 0 Å². The molecule has 2 aliphatic carbocycles. The molecule has 2 aliphatic heterocycles. The van der Waals surface area contributed by atoms with Gasteiger partial charge in [0.05, 0.1) is 27.7 Å². The second-order valence-electron chi connectivity index (χ2n) is 9.23. The third-order valence-corrected chi connectivity index (χ3v) is 8.34. The number of hydrogen-bond acceptors (Lipinski definition) is 6. The van der Waals surface area contributed by atoms with E-state index in [-0.39, 0.29) is 22.3 Å². The number of fused-ring (bicyclic) bond motifs is 12. The molecule has 0 amide bonds. The lowest BCUT2D eigenvalue weighted by molar-refractivity contribution is 0.0425. The molecule has 6 nitrogen and oxygen atoms in total. The van der Waals surface area contributed by atoms with Gasteiger partial charge in [0.1, 0.15) is 0 Å². The van der Waals surface area contributed by atoms with Crippen molar-refractivity contribution in [3.63, 3.8) is 0 Å². The molecule has 36 heavy (non-hydrogen) atoms. The van der Waals surface area contributed by atoms with E-state index in [9.17, 15) is 19.2 Å². The zero-order valence-corrected chi connectivity index (χ0v) is 20.3. The molecule has 0 saturated carbocycles. The van der Waals surface area contributed by atoms with Crippen LogP contribution in [0, 0.1) is 3.57 Å². The minimum absolute atomic E-state index is 0.190. The van der Waals surface area contributed by atoms with Gasteiger partial charge in [-0.05, 0) is 103 Å². The van der Waals surface area contributed by atoms with Gasteiger partial charge >= 0.3 is 23.9 Å². The first kappa shape index (κ1) is 20.1. The third kappa shape index (κ3) is 2.14. The van der Waals surface area contributed by atoms with Crippen LogP contribution in [0.4, 0.5) is 0 Å². The van der Waals surface area contributed by atoms with E-state index in [1.165, 1.54) is 0 Å². The third-order valence-electron chi connectivity index (χ3n) is 7.67. The second kappa shape index (κ2) is 6.36. The van der Waals surface area contributed by atoms with Gasteiger partial charge in [-0.3, -0.25) is 0 Å². The highest BCUT2D eigenvalue weighted by Gasteiger charge is 2.54. The van der Waals surface area contributed by atoms with Crippen molar-refractivity contribution in [2.24, 2.45) is 0 Å². The highest BCUT2D eigenvalue weighted by Crippen LogP contribution is 2.63. The molecule has 4 aliphatic rings. The fraction of sp³-hybridized carbons (Fsp3) is 0.0345. The molecule has 2 heterocycles. The molecule has 0 saturated heterocycles. The Morgan fingerprint density at radius 1 is 0.472 bits per heavy atom. The fourth-order valence-electron chi connectivity index (χ4n) is 6.31. The number of hydrogen-bond donors (Lipinski definition) is 0. The minimum atomic E-state index is -0.861. The largest absolute Gasteiger partial charge is 0.386 e. The van der Waals surface area contributed by atoms with Gasteiger partial charge in [-0.1, -0.05) is 30.3 Å². The van der Waals surface area contributed by atoms with Gasteiger partial charge in [0.15, 0.2) is 0 Å². The Hall–Kier alpha value is -4.11. The number of cyclic esters (lactones) is 4. The van der Waals surface area contributed by atoms with Crippen LogP contribution in [0.3, 0.4) is 0 Å². The molecular weight excluding hydrogens is 571 g/mol. The van der Waals surface area contributed by atoms with Gasteiger partial charge in [0, 0.05) is 3.57 Å². The van der Waals surface area contributed by atoms with E-state index in [2.05, 4.69) is 46.9 Å². The first-order chi connectivity index (χ1) is 17.4. The zero-order chi connectivity index (χ0) is 24.5. The van der Waals surface area contributed by atoms with E-state index in [4.69, 9.17) is 9.47 Å². The second-order valence-corrected chi connectivity index (χ2v) is 10.5. The van der Waals surface area contributed by atoms with Gasteiger partial charge < -0.3 is 9.47 Å². The van der Waals surface area contributed by atoms with Crippen LogP contribution in [-0.4, -0.2) is 23.9 Å². The molecule has 0 bridgehead atoms. The smallest absolute Gasteiger partial charge is 0.346 e. The minimum Gasteiger partial charge on any atom is -0.386 e. The van der Waals surface area contributed by atoms with Crippen molar-refractivity contribution in [3.05, 3.63) is 115 Å². The standard InChI is InChI=1S/C29H11IO6/c30-12-5-6-14-13-3-1-2-4-21(13)29(22(14)7-12)23-10-19-17(25(31)35-27(19)33)8-15(23)16-9-18-20(11-24(16)29)28(34)36-26(18)32/h1-11H. The molecule has 0 aromatic heterocycles. The maximum absolute atomic E-state index is 12.6. The van der Waals surface area contributed by atoms with Crippen molar-refractivity contribution in [1.82, 2.24) is 0 Å². The molecule has 8 rings (SSSR count). The maximum atomic E-state index is 12.6. The summed E-state index contributed by atoms with van der Waals surface area (Å²) in [4.78, 5) is 50.1. The number of halogens is 1. The Labute approximate surface area is 217 Å². The van der Waals surface area contributed by atoms with E-state index < -0.39 is 29.3 Å². The van der Waals surface area contributed by atoms with Gasteiger partial charge in [0.25, 0.3) is 0 Å². The average molecular weight is 582 g/mol. The number of benzene rings is 4. The summed E-state index contributed by atoms with van der Waals surface area (Å²) >= 11 is 2.27. The van der Waals surface area contributed by atoms with E-state index in [0.717, 1.165) is 37.0 Å². The van der Waals surface area contributed by atoms with Crippen LogP contribution in [0.15, 0.2) is 66.7 Å². The van der Waals surface area contributed by atoms with Gasteiger partial charge in [-0.2, -0.15) is 0 Å². The van der Waals surface area contributed by atoms with Crippen LogP contribution in [0.2, 0.25) is 0 Å². The van der Waals surface area contributed by atoms with E-state index >= 15 is 0 Å². The van der Waals surface area contributed by atoms with Crippen molar-refractivity contribution in [2.45, 2.75) is 5.41 Å². The predicted molar refractivity (Wildman–Crippen MR) is 135 cm³/mol. The number of ether oxygens (including phenoxy) is 2. The van der Waals surface area contributed by atoms with Crippen LogP contribution in [-0.2, 0) is 14.9 Å². The van der Waals surface area contributed by atoms with Gasteiger partial charge in [-0.25, -0.2) is 19.2 Å². The molecule has 7 heteroatoms. The monoisotopic (exact) mass is 582 g/mol. The summed E-state index contributed by atoms with van der Waals surface area (Å²) in [6.07, 6.45) is 0. The summed E-state index contributed by atoms with van der Waals surface area (Å²) < 4.78 is 10.9. The summed E-state index contributed by atoms with van der Waals surface area (Å²) in [7, 11) is 0. The quantitative estimate of drug-likeness (QED) is 0.138. The van der Waals surface area contributed by atoms with Crippen LogP contribution in [0.1, 0.15) is 63.7 Å². The highest BCUT2D eigenvalue weighted by atomic mass is 127. The Balaban J connectivity index is 1.60. The normalized spacial score (nSPS) is 16.8. The van der Waals surface area contributed by atoms with Crippen molar-refractivity contribution in [1.29, 1.82) is 0 Å². The summed E-state index contributed by atoms with van der Waals surface area (Å²) in [5, 5.41) is 0. The molecule has 4 aromatic carbocycles. The van der Waals surface area contributed by atoms with E-state index in [1.54, 1.807) is 24.3 Å². The SMILES string of the molecule is O=C1OC(=O)c2cc3c(cc21)-c1cc2c(cc1C31c3ccccc3-c3ccc(I)cc31)C(=O)OC2=O. The Morgan fingerprint density at radius 3 is 1.53 bits per heavy atom. The number of carbonyl (C=O) groups is 4. The fourth-order valence-corrected chi connectivity index (χ4v) is 6.80. The zero-order valence-electron chi connectivity index (χ0n) is 18.2. The molecule has 0 atom stereocenters. The molecule has 0 fully saturated rings. The van der Waals surface area contributed by atoms with Gasteiger partial charge in [0.2, 0.25) is 0 Å². The summed E-state index contributed by atoms with van der Waals surface area (Å²) in [6, 6.07) is 21.1. The highest BCUT2D eigenvalue weighted by molar-refractivity contribution is 14.1. The Bertz CT molecular complexity index is 1750. The van der Waals surface area contributed by atoms with Crippen molar-refractivity contribution >= 4 is 46.5 Å². The van der Waals surface area contributed by atoms with Crippen LogP contribution in [0.25, 0.3) is 22.3 Å². The molecule has 4 aromatic rings. The average Bonchev–Trinajstić information content (AvgIpc) is 3.52. The summed E-state index contributed by atoms with van der Waals surface area (Å²) in [5.41, 5.74) is 7.08. The van der Waals surface area contributed by atoms with E-state index in [1.807, 2.05) is 18.2 Å². The Morgan fingerprint density at radius 2 is 0.944 bits per heavy atom. The first-order valence-corrected chi connectivity index (χ1v) is 12.3. The van der Waals surface area contributed by atoms with Crippen molar-refractivity contribution in [2.75, 3.05) is 0 Å². The van der Waals surface area contributed by atoms with Crippen molar-refractivity contribution < 1.29 is 28.7 Å². The van der Waals surface area contributed by atoms with E-state index in [0.29, 0.717) is 11.1 Å². The van der Waals surface area contributed by atoms with Crippen LogP contribution < -0.4 is 0 Å². The molecule has 1 spiro atoms. The lowest BCUT2D eigenvalue weighted by Gasteiger charge is -2.30. The molecule has 170 valence electrons. The number of esters is 4. The molecular formula is C29H11IO6. The summed E-state index contributed by atoms with van der Waals surface area (Å²) in [6.45, 7) is 0. The van der Waals surface area contributed by atoms with Crippen molar-refractivity contribution in [3.8, 4) is 22.3 Å². The number of rotatable bonds is 0. The number of carbonyl (C=O) groups excluding carboxylic acids is 4. The molecule has 0 unspecified atom stereocenters. The Kier molecular flexibility index (Phi) is 3.55. The van der Waals surface area contributed by atoms with Gasteiger partial charge in [-0.15, -0.1) is 0 Å². The summed E-state index contributed by atoms with van der Waals surface area (Å²) in [5.74, 6) is -2.76. The van der Waals surface area contributed by atoms with Crippen LogP contribution >= 0.6 is 22.6 Å². The maximum Gasteiger partial charge on any atom is 0.346 e. The predicted octanol–water partition coefficient (Wildman–Crippen LogP) is 5.26.